The molecule has 1 saturated carbocycles. The number of imide groups is 1. The molecule has 2 N–H and O–H groups in total. The highest BCUT2D eigenvalue weighted by Crippen LogP contribution is 2.45. The molecule has 0 radical (unpaired) electrons. The SMILES string of the molecule is COc1cccc([C@H]2c3[nH]c4ccccc4c3C[C@H]3C(=O)N(c4ccc(C(=O)NC5CCCCCCC5)cc4)C(=O)N23)c1. The fourth-order valence-electron chi connectivity index (χ4n) is 7.10. The van der Waals surface area contributed by atoms with Gasteiger partial charge in [-0.2, -0.15) is 0 Å². The molecule has 1 aliphatic carbocycles. The van der Waals surface area contributed by atoms with Gasteiger partial charge in [-0.05, 0) is 66.4 Å². The van der Waals surface area contributed by atoms with E-state index in [4.69, 9.17) is 4.74 Å². The molecule has 3 heterocycles. The van der Waals surface area contributed by atoms with Gasteiger partial charge in [0.15, 0.2) is 0 Å². The highest BCUT2D eigenvalue weighted by molar-refractivity contribution is 6.22. The fourth-order valence-corrected chi connectivity index (χ4v) is 7.10. The van der Waals surface area contributed by atoms with Crippen LogP contribution in [0.15, 0.2) is 72.8 Å². The summed E-state index contributed by atoms with van der Waals surface area (Å²) in [5, 5.41) is 4.26. The largest absolute Gasteiger partial charge is 0.497 e. The first-order valence-corrected chi connectivity index (χ1v) is 15.3. The molecule has 4 aromatic rings. The molecule has 2 atom stereocenters. The maximum absolute atomic E-state index is 14.2. The van der Waals surface area contributed by atoms with E-state index in [0.717, 1.165) is 53.4 Å². The first kappa shape index (κ1) is 27.3. The van der Waals surface area contributed by atoms with Crippen LogP contribution < -0.4 is 15.0 Å². The van der Waals surface area contributed by atoms with Gasteiger partial charge in [0, 0.05) is 34.6 Å². The second-order valence-electron chi connectivity index (χ2n) is 11.9. The Balaban J connectivity index is 1.19. The highest BCUT2D eigenvalue weighted by Gasteiger charge is 2.53. The van der Waals surface area contributed by atoms with Gasteiger partial charge in [-0.3, -0.25) is 14.5 Å². The molecule has 0 spiro atoms. The first-order chi connectivity index (χ1) is 21.0. The van der Waals surface area contributed by atoms with E-state index in [1.54, 1.807) is 36.3 Å². The van der Waals surface area contributed by atoms with E-state index in [1.807, 2.05) is 42.5 Å². The predicted molar refractivity (Wildman–Crippen MR) is 165 cm³/mol. The van der Waals surface area contributed by atoms with Crippen molar-refractivity contribution in [2.45, 2.75) is 69.5 Å². The van der Waals surface area contributed by atoms with E-state index in [2.05, 4.69) is 16.4 Å². The summed E-state index contributed by atoms with van der Waals surface area (Å²) in [4.78, 5) is 47.7. The van der Waals surface area contributed by atoms with Crippen molar-refractivity contribution in [2.75, 3.05) is 12.0 Å². The minimum Gasteiger partial charge on any atom is -0.497 e. The van der Waals surface area contributed by atoms with Crippen LogP contribution in [0.1, 0.15) is 78.2 Å². The quantitative estimate of drug-likeness (QED) is 0.265. The van der Waals surface area contributed by atoms with Gasteiger partial charge in [-0.15, -0.1) is 0 Å². The van der Waals surface area contributed by atoms with Gasteiger partial charge in [-0.25, -0.2) is 9.69 Å². The van der Waals surface area contributed by atoms with Crippen molar-refractivity contribution in [1.82, 2.24) is 15.2 Å². The van der Waals surface area contributed by atoms with Gasteiger partial charge < -0.3 is 15.0 Å². The number of nitrogens with one attached hydrogen (secondary N) is 2. The third-order valence-electron chi connectivity index (χ3n) is 9.29. The van der Waals surface area contributed by atoms with E-state index in [1.165, 1.54) is 24.2 Å². The molecule has 4 amide bonds. The van der Waals surface area contributed by atoms with Gasteiger partial charge >= 0.3 is 6.03 Å². The van der Waals surface area contributed by atoms with Crippen LogP contribution >= 0.6 is 0 Å². The van der Waals surface area contributed by atoms with Gasteiger partial charge in [0.25, 0.3) is 11.8 Å². The lowest BCUT2D eigenvalue weighted by Gasteiger charge is -2.36. The lowest BCUT2D eigenvalue weighted by Crippen LogP contribution is -2.44. The molecule has 0 unspecified atom stereocenters. The Labute approximate surface area is 251 Å². The summed E-state index contributed by atoms with van der Waals surface area (Å²) >= 11 is 0. The number of aromatic amines is 1. The monoisotopic (exact) mass is 576 g/mol. The molecule has 1 saturated heterocycles. The second kappa shape index (κ2) is 11.2. The Hall–Kier alpha value is -4.59. The average Bonchev–Trinajstić information content (AvgIpc) is 3.51. The minimum atomic E-state index is -0.655. The number of hydrogen-bond donors (Lipinski definition) is 2. The molecule has 7 rings (SSSR count). The van der Waals surface area contributed by atoms with Crippen LogP contribution in [0.3, 0.4) is 0 Å². The van der Waals surface area contributed by atoms with Crippen molar-refractivity contribution in [2.24, 2.45) is 0 Å². The highest BCUT2D eigenvalue weighted by atomic mass is 16.5. The van der Waals surface area contributed by atoms with Crippen LogP contribution in [-0.2, 0) is 11.2 Å². The molecular formula is C35H36N4O4. The molecular weight excluding hydrogens is 540 g/mol. The Morgan fingerprint density at radius 2 is 1.65 bits per heavy atom. The van der Waals surface area contributed by atoms with Crippen molar-refractivity contribution in [1.29, 1.82) is 0 Å². The number of carbonyl (C=O) groups excluding carboxylic acids is 3. The average molecular weight is 577 g/mol. The van der Waals surface area contributed by atoms with Gasteiger partial charge in [0.05, 0.1) is 12.8 Å². The van der Waals surface area contributed by atoms with Gasteiger partial charge in [-0.1, -0.05) is 62.4 Å². The van der Waals surface area contributed by atoms with Crippen molar-refractivity contribution in [3.05, 3.63) is 95.2 Å². The summed E-state index contributed by atoms with van der Waals surface area (Å²) in [6.45, 7) is 0. The summed E-state index contributed by atoms with van der Waals surface area (Å²) in [5.74, 6) is 0.304. The maximum atomic E-state index is 14.2. The summed E-state index contributed by atoms with van der Waals surface area (Å²) in [6, 6.07) is 21.2. The number of ether oxygens (including phenoxy) is 1. The normalized spacial score (nSPS) is 20.9. The number of para-hydroxylation sites is 1. The Morgan fingerprint density at radius 1 is 0.907 bits per heavy atom. The first-order valence-electron chi connectivity index (χ1n) is 15.3. The van der Waals surface area contributed by atoms with Crippen LogP contribution in [0.4, 0.5) is 10.5 Å². The maximum Gasteiger partial charge on any atom is 0.332 e. The summed E-state index contributed by atoms with van der Waals surface area (Å²) in [6.07, 6.45) is 8.41. The molecule has 2 fully saturated rings. The topological polar surface area (TPSA) is 94.7 Å². The number of aromatic nitrogens is 1. The lowest BCUT2D eigenvalue weighted by molar-refractivity contribution is -0.120. The molecule has 3 aliphatic rings. The Kier molecular flexibility index (Phi) is 7.13. The minimum absolute atomic E-state index is 0.114. The number of methoxy groups -OCH3 is 1. The second-order valence-corrected chi connectivity index (χ2v) is 11.9. The van der Waals surface area contributed by atoms with Crippen molar-refractivity contribution in [3.63, 3.8) is 0 Å². The Bertz CT molecular complexity index is 1690. The zero-order chi connectivity index (χ0) is 29.5. The number of carbonyl (C=O) groups is 3. The zero-order valence-electron chi connectivity index (χ0n) is 24.3. The third kappa shape index (κ3) is 4.84. The molecule has 43 heavy (non-hydrogen) atoms. The van der Waals surface area contributed by atoms with E-state index in [-0.39, 0.29) is 23.9 Å². The molecule has 8 nitrogen and oxygen atoms in total. The number of rotatable bonds is 5. The molecule has 3 aromatic carbocycles. The van der Waals surface area contributed by atoms with Crippen LogP contribution in [0.25, 0.3) is 10.9 Å². The number of H-pyrrole nitrogens is 1. The smallest absolute Gasteiger partial charge is 0.332 e. The van der Waals surface area contributed by atoms with E-state index in [0.29, 0.717) is 23.4 Å². The number of nitrogens with zero attached hydrogens (tertiary/aromatic N) is 2. The van der Waals surface area contributed by atoms with Crippen molar-refractivity contribution in [3.8, 4) is 5.75 Å². The number of fused-ring (bicyclic) bond motifs is 4. The molecule has 8 heteroatoms. The predicted octanol–water partition coefficient (Wildman–Crippen LogP) is 6.50. The molecule has 0 bridgehead atoms. The lowest BCUT2D eigenvalue weighted by atomic mass is 9.89. The summed E-state index contributed by atoms with van der Waals surface area (Å²) in [7, 11) is 1.62. The standard InChI is InChI=1S/C35H36N4O4/c1-43-26-13-9-10-23(20-26)32-31-28(27-14-7-8-15-29(27)37-31)21-30-34(41)38(35(42)39(30)32)25-18-16-22(17-19-25)33(40)36-24-11-5-3-2-4-6-12-24/h7-10,13-20,24,30,32,37H,2-6,11-12,21H2,1H3,(H,36,40)/t30-,32-/m0/s1. The van der Waals surface area contributed by atoms with Crippen molar-refractivity contribution < 1.29 is 19.1 Å². The molecule has 220 valence electrons. The van der Waals surface area contributed by atoms with Gasteiger partial charge in [0.2, 0.25) is 0 Å². The number of amides is 4. The third-order valence-corrected chi connectivity index (χ3v) is 9.29. The van der Waals surface area contributed by atoms with Crippen LogP contribution in [-0.4, -0.2) is 46.9 Å². The van der Waals surface area contributed by atoms with Crippen LogP contribution in [0.5, 0.6) is 5.75 Å². The van der Waals surface area contributed by atoms with E-state index >= 15 is 0 Å². The zero-order valence-corrected chi connectivity index (χ0v) is 24.3. The number of benzene rings is 3. The van der Waals surface area contributed by atoms with E-state index < -0.39 is 12.1 Å². The fraction of sp³-hybridized carbons (Fsp3) is 0.343. The van der Waals surface area contributed by atoms with Gasteiger partial charge in [0.1, 0.15) is 17.8 Å². The molecule has 2 aliphatic heterocycles. The van der Waals surface area contributed by atoms with Crippen LogP contribution in [0.2, 0.25) is 0 Å². The number of anilines is 1. The number of hydrogen-bond acceptors (Lipinski definition) is 4. The molecule has 1 aromatic heterocycles. The number of urea groups is 1. The summed E-state index contributed by atoms with van der Waals surface area (Å²) < 4.78 is 5.51. The summed E-state index contributed by atoms with van der Waals surface area (Å²) in [5.41, 5.74) is 4.79. The Morgan fingerprint density at radius 3 is 2.42 bits per heavy atom. The van der Waals surface area contributed by atoms with E-state index in [9.17, 15) is 14.4 Å². The van der Waals surface area contributed by atoms with Crippen molar-refractivity contribution >= 4 is 34.4 Å². The van der Waals surface area contributed by atoms with Crippen LogP contribution in [0, 0.1) is 0 Å².